The Balaban J connectivity index is 1.95. The van der Waals surface area contributed by atoms with Gasteiger partial charge in [-0.3, -0.25) is 4.98 Å². The number of aromatic amines is 1. The number of pyridine rings is 1. The monoisotopic (exact) mass is 303 g/mol. The summed E-state index contributed by atoms with van der Waals surface area (Å²) in [6, 6.07) is 9.71. The van der Waals surface area contributed by atoms with Gasteiger partial charge in [0.25, 0.3) is 0 Å². The number of H-pyrrole nitrogens is 1. The number of rotatable bonds is 3. The zero-order valence-corrected chi connectivity index (χ0v) is 12.1. The van der Waals surface area contributed by atoms with E-state index in [1.54, 1.807) is 18.0 Å². The van der Waals surface area contributed by atoms with Gasteiger partial charge in [0.15, 0.2) is 0 Å². The highest BCUT2D eigenvalue weighted by Gasteiger charge is 2.09. The highest BCUT2D eigenvalue weighted by atomic mass is 35.5. The van der Waals surface area contributed by atoms with E-state index in [1.165, 1.54) is 0 Å². The summed E-state index contributed by atoms with van der Waals surface area (Å²) in [7, 11) is 0. The van der Waals surface area contributed by atoms with Crippen molar-refractivity contribution in [3.63, 3.8) is 0 Å². The molecule has 0 amide bonds. The van der Waals surface area contributed by atoms with Crippen molar-refractivity contribution >= 4 is 23.4 Å². The van der Waals surface area contributed by atoms with E-state index in [9.17, 15) is 0 Å². The van der Waals surface area contributed by atoms with Gasteiger partial charge in [0.05, 0.1) is 5.69 Å². The summed E-state index contributed by atoms with van der Waals surface area (Å²) in [5, 5.41) is 14.6. The molecule has 1 N–H and O–H groups in total. The molecule has 7 heteroatoms. The lowest BCUT2D eigenvalue weighted by atomic mass is 10.2. The molecule has 0 atom stereocenters. The number of nitrogens with one attached hydrogen (secondary N) is 1. The molecule has 0 bridgehead atoms. The summed E-state index contributed by atoms with van der Waals surface area (Å²) >= 11 is 7.61. The van der Waals surface area contributed by atoms with Crippen molar-refractivity contribution in [3.05, 3.63) is 47.2 Å². The van der Waals surface area contributed by atoms with Crippen LogP contribution in [0.15, 0.2) is 46.3 Å². The van der Waals surface area contributed by atoms with Crippen LogP contribution in [0.1, 0.15) is 5.69 Å². The molecule has 5 nitrogen and oxygen atoms in total. The lowest BCUT2D eigenvalue weighted by molar-refractivity contribution is 0.881. The quantitative estimate of drug-likeness (QED) is 0.803. The molecule has 2 heterocycles. The van der Waals surface area contributed by atoms with E-state index in [0.717, 1.165) is 26.1 Å². The van der Waals surface area contributed by atoms with Gasteiger partial charge in [-0.25, -0.2) is 0 Å². The number of hydrogen-bond donors (Lipinski definition) is 1. The van der Waals surface area contributed by atoms with Crippen molar-refractivity contribution in [2.45, 2.75) is 16.7 Å². The average molecular weight is 304 g/mol. The standard InChI is InChI=1S/C13H10ClN5S/c1-8-12(20-11-4-2-3-10(14)6-11)5-9(7-15-8)13-16-18-19-17-13/h2-7H,1H3,(H,16,17,18,19). The van der Waals surface area contributed by atoms with Gasteiger partial charge in [0, 0.05) is 26.6 Å². The Kier molecular flexibility index (Phi) is 3.66. The minimum Gasteiger partial charge on any atom is -0.260 e. The predicted octanol–water partition coefficient (Wildman–Crippen LogP) is 3.37. The van der Waals surface area contributed by atoms with Crippen LogP contribution in [0, 0.1) is 6.92 Å². The molecule has 0 aliphatic carbocycles. The normalized spacial score (nSPS) is 10.7. The molecule has 2 aromatic heterocycles. The number of aromatic nitrogens is 5. The summed E-state index contributed by atoms with van der Waals surface area (Å²) in [4.78, 5) is 6.48. The van der Waals surface area contributed by atoms with Gasteiger partial charge in [0.1, 0.15) is 0 Å². The Morgan fingerprint density at radius 3 is 2.90 bits per heavy atom. The Hall–Kier alpha value is -1.92. The molecule has 0 saturated heterocycles. The highest BCUT2D eigenvalue weighted by molar-refractivity contribution is 7.99. The molecule has 0 radical (unpaired) electrons. The van der Waals surface area contributed by atoms with E-state index >= 15 is 0 Å². The fourth-order valence-corrected chi connectivity index (χ4v) is 2.91. The second-order valence-electron chi connectivity index (χ2n) is 4.10. The molecule has 0 aliphatic rings. The zero-order chi connectivity index (χ0) is 13.9. The minimum atomic E-state index is 0.533. The van der Waals surface area contributed by atoms with Crippen LogP contribution >= 0.6 is 23.4 Å². The maximum absolute atomic E-state index is 6.00. The molecule has 20 heavy (non-hydrogen) atoms. The highest BCUT2D eigenvalue weighted by Crippen LogP contribution is 2.32. The Labute approximate surface area is 124 Å². The van der Waals surface area contributed by atoms with Crippen LogP contribution in [-0.2, 0) is 0 Å². The summed E-state index contributed by atoms with van der Waals surface area (Å²) in [5.41, 5.74) is 1.77. The first kappa shape index (κ1) is 13.1. The van der Waals surface area contributed by atoms with E-state index in [1.807, 2.05) is 37.3 Å². The zero-order valence-electron chi connectivity index (χ0n) is 10.5. The summed E-state index contributed by atoms with van der Waals surface area (Å²) in [5.74, 6) is 0.533. The molecule has 0 fully saturated rings. The second kappa shape index (κ2) is 5.60. The summed E-state index contributed by atoms with van der Waals surface area (Å²) in [6.07, 6.45) is 1.74. The molecule has 100 valence electrons. The number of halogens is 1. The molecule has 1 aromatic carbocycles. The van der Waals surface area contributed by atoms with Crippen molar-refractivity contribution in [2.24, 2.45) is 0 Å². The van der Waals surface area contributed by atoms with Crippen molar-refractivity contribution < 1.29 is 0 Å². The average Bonchev–Trinajstić information content (AvgIpc) is 2.95. The Morgan fingerprint density at radius 2 is 2.15 bits per heavy atom. The van der Waals surface area contributed by atoms with Crippen molar-refractivity contribution in [1.29, 1.82) is 0 Å². The molecule has 0 aliphatic heterocycles. The van der Waals surface area contributed by atoms with Crippen LogP contribution in [0.2, 0.25) is 5.02 Å². The van der Waals surface area contributed by atoms with E-state index in [-0.39, 0.29) is 0 Å². The van der Waals surface area contributed by atoms with Gasteiger partial charge in [-0.05, 0) is 36.4 Å². The van der Waals surface area contributed by atoms with Crippen LogP contribution in [0.3, 0.4) is 0 Å². The number of benzene rings is 1. The van der Waals surface area contributed by atoms with E-state index < -0.39 is 0 Å². The van der Waals surface area contributed by atoms with Crippen molar-refractivity contribution in [3.8, 4) is 11.4 Å². The predicted molar refractivity (Wildman–Crippen MR) is 77.7 cm³/mol. The molecule has 0 saturated carbocycles. The van der Waals surface area contributed by atoms with Crippen LogP contribution in [-0.4, -0.2) is 25.6 Å². The first-order valence-electron chi connectivity index (χ1n) is 5.86. The number of aryl methyl sites for hydroxylation is 1. The van der Waals surface area contributed by atoms with Crippen LogP contribution in [0.4, 0.5) is 0 Å². The third kappa shape index (κ3) is 2.81. The fourth-order valence-electron chi connectivity index (χ4n) is 1.68. The van der Waals surface area contributed by atoms with Gasteiger partial charge >= 0.3 is 0 Å². The number of nitrogens with zero attached hydrogens (tertiary/aromatic N) is 4. The third-order valence-electron chi connectivity index (χ3n) is 2.67. The van der Waals surface area contributed by atoms with E-state index in [2.05, 4.69) is 25.6 Å². The second-order valence-corrected chi connectivity index (χ2v) is 5.65. The van der Waals surface area contributed by atoms with Crippen molar-refractivity contribution in [2.75, 3.05) is 0 Å². The van der Waals surface area contributed by atoms with E-state index in [4.69, 9.17) is 11.6 Å². The maximum Gasteiger partial charge on any atom is 0.206 e. The Bertz CT molecular complexity index is 729. The fraction of sp³-hybridized carbons (Fsp3) is 0.0769. The Morgan fingerprint density at radius 1 is 1.25 bits per heavy atom. The molecular formula is C13H10ClN5S. The first-order chi connectivity index (χ1) is 9.72. The molecular weight excluding hydrogens is 294 g/mol. The number of tetrazole rings is 1. The smallest absolute Gasteiger partial charge is 0.206 e. The number of hydrogen-bond acceptors (Lipinski definition) is 5. The molecule has 3 aromatic rings. The van der Waals surface area contributed by atoms with E-state index in [0.29, 0.717) is 5.82 Å². The van der Waals surface area contributed by atoms with Crippen LogP contribution in [0.25, 0.3) is 11.4 Å². The molecule has 3 rings (SSSR count). The lowest BCUT2D eigenvalue weighted by Crippen LogP contribution is -1.89. The molecule has 0 spiro atoms. The van der Waals surface area contributed by atoms with Gasteiger partial charge < -0.3 is 0 Å². The van der Waals surface area contributed by atoms with Gasteiger partial charge in [-0.15, -0.1) is 10.2 Å². The largest absolute Gasteiger partial charge is 0.260 e. The summed E-state index contributed by atoms with van der Waals surface area (Å²) in [6.45, 7) is 1.97. The first-order valence-corrected chi connectivity index (χ1v) is 7.06. The van der Waals surface area contributed by atoms with Gasteiger partial charge in [0.2, 0.25) is 5.82 Å². The lowest BCUT2D eigenvalue weighted by Gasteiger charge is -2.06. The minimum absolute atomic E-state index is 0.533. The summed E-state index contributed by atoms with van der Waals surface area (Å²) < 4.78 is 0. The maximum atomic E-state index is 6.00. The van der Waals surface area contributed by atoms with Crippen LogP contribution in [0.5, 0.6) is 0 Å². The van der Waals surface area contributed by atoms with Gasteiger partial charge in [-0.1, -0.05) is 29.4 Å². The third-order valence-corrected chi connectivity index (χ3v) is 4.03. The van der Waals surface area contributed by atoms with Crippen molar-refractivity contribution in [1.82, 2.24) is 25.6 Å². The SMILES string of the molecule is Cc1ncc(-c2nn[nH]n2)cc1Sc1cccc(Cl)c1. The van der Waals surface area contributed by atoms with Gasteiger partial charge in [-0.2, -0.15) is 5.21 Å². The van der Waals surface area contributed by atoms with Crippen LogP contribution < -0.4 is 0 Å². The molecule has 0 unspecified atom stereocenters. The topological polar surface area (TPSA) is 67.3 Å².